The van der Waals surface area contributed by atoms with Crippen LogP contribution in [0.5, 0.6) is 0 Å². The summed E-state index contributed by atoms with van der Waals surface area (Å²) >= 11 is 0. The lowest BCUT2D eigenvalue weighted by Gasteiger charge is -2.18. The summed E-state index contributed by atoms with van der Waals surface area (Å²) in [6.45, 7) is 7.65. The lowest BCUT2D eigenvalue weighted by atomic mass is 9.99. The summed E-state index contributed by atoms with van der Waals surface area (Å²) in [4.78, 5) is 8.72. The highest BCUT2D eigenvalue weighted by atomic mass is 16.5. The second-order valence-corrected chi connectivity index (χ2v) is 6.27. The number of ether oxygens (including phenoxy) is 1. The number of nitrogens with one attached hydrogen (secondary N) is 1. The molecule has 3 aromatic heterocycles. The van der Waals surface area contributed by atoms with Crippen molar-refractivity contribution in [3.05, 3.63) is 31.0 Å². The molecule has 0 saturated carbocycles. The standard InChI is InChI=1S/C15H19N5O/c1-15(2,3)8-21-10-20-5-4-12-13(11-6-18-19-7-11)16-9-17-14(12)20/h4-7,9H,8,10H2,1-3H3,(H,18,19). The van der Waals surface area contributed by atoms with Crippen LogP contribution in [-0.4, -0.2) is 31.3 Å². The fraction of sp³-hybridized carbons (Fsp3) is 0.400. The zero-order valence-electron chi connectivity index (χ0n) is 12.5. The van der Waals surface area contributed by atoms with E-state index in [2.05, 4.69) is 40.9 Å². The van der Waals surface area contributed by atoms with Gasteiger partial charge in [-0.05, 0) is 11.5 Å². The lowest BCUT2D eigenvalue weighted by molar-refractivity contribution is 0.0293. The minimum absolute atomic E-state index is 0.153. The van der Waals surface area contributed by atoms with Crippen molar-refractivity contribution in [3.63, 3.8) is 0 Å². The zero-order chi connectivity index (χ0) is 14.9. The van der Waals surface area contributed by atoms with E-state index < -0.39 is 0 Å². The van der Waals surface area contributed by atoms with Gasteiger partial charge in [-0.3, -0.25) is 5.10 Å². The molecule has 0 amide bonds. The predicted octanol–water partition coefficient (Wildman–Crippen LogP) is 2.84. The molecule has 0 bridgehead atoms. The van der Waals surface area contributed by atoms with Crippen molar-refractivity contribution in [2.75, 3.05) is 6.61 Å². The van der Waals surface area contributed by atoms with E-state index in [1.165, 1.54) is 0 Å². The number of rotatable bonds is 4. The van der Waals surface area contributed by atoms with Crippen molar-refractivity contribution in [2.24, 2.45) is 5.41 Å². The maximum atomic E-state index is 5.77. The van der Waals surface area contributed by atoms with Gasteiger partial charge in [0, 0.05) is 23.3 Å². The number of aromatic nitrogens is 5. The third kappa shape index (κ3) is 2.95. The number of aromatic amines is 1. The fourth-order valence-electron chi connectivity index (χ4n) is 2.17. The largest absolute Gasteiger partial charge is 0.360 e. The number of nitrogens with zero attached hydrogens (tertiary/aromatic N) is 4. The van der Waals surface area contributed by atoms with Crippen LogP contribution in [0.1, 0.15) is 20.8 Å². The Morgan fingerprint density at radius 3 is 2.86 bits per heavy atom. The van der Waals surface area contributed by atoms with Crippen LogP contribution in [-0.2, 0) is 11.5 Å². The third-order valence-electron chi connectivity index (χ3n) is 3.09. The molecule has 0 unspecified atom stereocenters. The minimum atomic E-state index is 0.153. The number of hydrogen-bond acceptors (Lipinski definition) is 4. The summed E-state index contributed by atoms with van der Waals surface area (Å²) in [5.74, 6) is 0. The van der Waals surface area contributed by atoms with Gasteiger partial charge in [0.2, 0.25) is 0 Å². The molecule has 0 aliphatic rings. The highest BCUT2D eigenvalue weighted by Crippen LogP contribution is 2.25. The summed E-state index contributed by atoms with van der Waals surface area (Å²) in [6.07, 6.45) is 7.14. The van der Waals surface area contributed by atoms with Gasteiger partial charge < -0.3 is 9.30 Å². The molecule has 110 valence electrons. The van der Waals surface area contributed by atoms with E-state index in [9.17, 15) is 0 Å². The Morgan fingerprint density at radius 1 is 1.29 bits per heavy atom. The molecular weight excluding hydrogens is 266 g/mol. The topological polar surface area (TPSA) is 68.6 Å². The molecular formula is C15H19N5O. The first-order valence-electron chi connectivity index (χ1n) is 6.91. The molecule has 21 heavy (non-hydrogen) atoms. The van der Waals surface area contributed by atoms with E-state index in [1.807, 2.05) is 23.0 Å². The van der Waals surface area contributed by atoms with Crippen molar-refractivity contribution in [3.8, 4) is 11.3 Å². The van der Waals surface area contributed by atoms with Gasteiger partial charge in [-0.25, -0.2) is 9.97 Å². The molecule has 1 N–H and O–H groups in total. The van der Waals surface area contributed by atoms with E-state index in [0.717, 1.165) is 22.3 Å². The first-order valence-corrected chi connectivity index (χ1v) is 6.91. The second kappa shape index (κ2) is 5.29. The molecule has 0 aliphatic carbocycles. The first kappa shape index (κ1) is 13.8. The quantitative estimate of drug-likeness (QED) is 0.800. The van der Waals surface area contributed by atoms with Gasteiger partial charge in [0.25, 0.3) is 0 Å². The van der Waals surface area contributed by atoms with Gasteiger partial charge in [0.1, 0.15) is 18.7 Å². The van der Waals surface area contributed by atoms with Gasteiger partial charge in [-0.1, -0.05) is 20.8 Å². The molecule has 0 spiro atoms. The van der Waals surface area contributed by atoms with Crippen molar-refractivity contribution in [2.45, 2.75) is 27.5 Å². The molecule has 6 nitrogen and oxygen atoms in total. The predicted molar refractivity (Wildman–Crippen MR) is 80.5 cm³/mol. The Morgan fingerprint density at radius 2 is 2.14 bits per heavy atom. The summed E-state index contributed by atoms with van der Waals surface area (Å²) in [5, 5.41) is 7.78. The highest BCUT2D eigenvalue weighted by Gasteiger charge is 2.13. The number of fused-ring (bicyclic) bond motifs is 1. The monoisotopic (exact) mass is 285 g/mol. The van der Waals surface area contributed by atoms with Crippen molar-refractivity contribution < 1.29 is 4.74 Å². The lowest BCUT2D eigenvalue weighted by Crippen LogP contribution is -2.16. The van der Waals surface area contributed by atoms with Crippen LogP contribution in [0.15, 0.2) is 31.0 Å². The van der Waals surface area contributed by atoms with Gasteiger partial charge in [-0.15, -0.1) is 0 Å². The Kier molecular flexibility index (Phi) is 3.47. The molecule has 6 heteroatoms. The summed E-state index contributed by atoms with van der Waals surface area (Å²) in [6, 6.07) is 2.01. The molecule has 0 fully saturated rings. The van der Waals surface area contributed by atoms with Gasteiger partial charge in [0.05, 0.1) is 18.5 Å². The van der Waals surface area contributed by atoms with Crippen LogP contribution in [0.2, 0.25) is 0 Å². The molecule has 0 aromatic carbocycles. The van der Waals surface area contributed by atoms with Crippen LogP contribution in [0.4, 0.5) is 0 Å². The minimum Gasteiger partial charge on any atom is -0.360 e. The van der Waals surface area contributed by atoms with Crippen LogP contribution < -0.4 is 0 Å². The van der Waals surface area contributed by atoms with Gasteiger partial charge in [0.15, 0.2) is 0 Å². The average Bonchev–Trinajstić information content (AvgIpc) is 3.06. The molecule has 3 rings (SSSR count). The summed E-state index contributed by atoms with van der Waals surface area (Å²) < 4.78 is 7.76. The average molecular weight is 285 g/mol. The normalized spacial score (nSPS) is 12.1. The van der Waals surface area contributed by atoms with Crippen molar-refractivity contribution in [1.82, 2.24) is 24.7 Å². The number of H-pyrrole nitrogens is 1. The van der Waals surface area contributed by atoms with E-state index in [0.29, 0.717) is 13.3 Å². The highest BCUT2D eigenvalue weighted by molar-refractivity contribution is 5.90. The van der Waals surface area contributed by atoms with Crippen LogP contribution >= 0.6 is 0 Å². The smallest absolute Gasteiger partial charge is 0.145 e. The summed E-state index contributed by atoms with van der Waals surface area (Å²) in [5.41, 5.74) is 2.86. The Balaban J connectivity index is 1.88. The molecule has 0 atom stereocenters. The third-order valence-corrected chi connectivity index (χ3v) is 3.09. The molecule has 3 aromatic rings. The molecule has 0 aliphatic heterocycles. The van der Waals surface area contributed by atoms with Gasteiger partial charge in [-0.2, -0.15) is 5.10 Å². The van der Waals surface area contributed by atoms with Crippen LogP contribution in [0, 0.1) is 5.41 Å². The first-order chi connectivity index (χ1) is 10.0. The second-order valence-electron chi connectivity index (χ2n) is 6.27. The Labute approximate surface area is 123 Å². The maximum Gasteiger partial charge on any atom is 0.145 e. The number of hydrogen-bond donors (Lipinski definition) is 1. The van der Waals surface area contributed by atoms with Crippen LogP contribution in [0.3, 0.4) is 0 Å². The Bertz CT molecular complexity index is 724. The SMILES string of the molecule is CC(C)(C)COCn1ccc2c(-c3cn[nH]c3)ncnc21. The molecule has 3 heterocycles. The van der Waals surface area contributed by atoms with E-state index in [1.54, 1.807) is 12.5 Å². The maximum absolute atomic E-state index is 5.77. The van der Waals surface area contributed by atoms with Crippen molar-refractivity contribution in [1.29, 1.82) is 0 Å². The van der Waals surface area contributed by atoms with E-state index in [4.69, 9.17) is 4.74 Å². The molecule has 0 radical (unpaired) electrons. The fourth-order valence-corrected chi connectivity index (χ4v) is 2.17. The van der Waals surface area contributed by atoms with Gasteiger partial charge >= 0.3 is 0 Å². The van der Waals surface area contributed by atoms with E-state index in [-0.39, 0.29) is 5.41 Å². The van der Waals surface area contributed by atoms with Crippen molar-refractivity contribution >= 4 is 11.0 Å². The Hall–Kier alpha value is -2.21. The van der Waals surface area contributed by atoms with Crippen LogP contribution in [0.25, 0.3) is 22.3 Å². The summed E-state index contributed by atoms with van der Waals surface area (Å²) in [7, 11) is 0. The molecule has 0 saturated heterocycles. The zero-order valence-corrected chi connectivity index (χ0v) is 12.5. The van der Waals surface area contributed by atoms with E-state index >= 15 is 0 Å².